The summed E-state index contributed by atoms with van der Waals surface area (Å²) in [6.07, 6.45) is 0.472. The van der Waals surface area contributed by atoms with Gasteiger partial charge in [0.1, 0.15) is 11.3 Å². The van der Waals surface area contributed by atoms with E-state index in [1.54, 1.807) is 0 Å². The van der Waals surface area contributed by atoms with Crippen LogP contribution in [0.2, 0.25) is 0 Å². The predicted molar refractivity (Wildman–Crippen MR) is 48.5 cm³/mol. The Bertz CT molecular complexity index is 297. The molecule has 1 amide bonds. The molecule has 13 heavy (non-hydrogen) atoms. The Balaban J connectivity index is 2.30. The van der Waals surface area contributed by atoms with Crippen LogP contribution in [0, 0.1) is 0 Å². The molecule has 6 heteroatoms. The molecule has 0 spiro atoms. The summed E-state index contributed by atoms with van der Waals surface area (Å²) in [5, 5.41) is 10.2. The molecule has 0 bridgehead atoms. The second-order valence-electron chi connectivity index (χ2n) is 2.49. The van der Waals surface area contributed by atoms with E-state index in [4.69, 9.17) is 0 Å². The zero-order valence-corrected chi connectivity index (χ0v) is 7.93. The standard InChI is InChI=1S/C7H9N3O2S/c1-5(11)2-3-6(12)9-7-10-8-4-13-7/h4H,2-3H2,1H3,(H,9,10,12). The maximum atomic E-state index is 11.1. The fourth-order valence-corrected chi connectivity index (χ4v) is 1.16. The van der Waals surface area contributed by atoms with E-state index in [1.165, 1.54) is 23.8 Å². The minimum atomic E-state index is -0.202. The van der Waals surface area contributed by atoms with Crippen molar-refractivity contribution in [2.45, 2.75) is 19.8 Å². The summed E-state index contributed by atoms with van der Waals surface area (Å²) in [4.78, 5) is 21.6. The molecule has 1 rings (SSSR count). The number of Topliss-reactive ketones (excluding diaryl/α,β-unsaturated/α-hetero) is 1. The fraction of sp³-hybridized carbons (Fsp3) is 0.429. The summed E-state index contributed by atoms with van der Waals surface area (Å²) in [6, 6.07) is 0. The Morgan fingerprint density at radius 2 is 2.31 bits per heavy atom. The van der Waals surface area contributed by atoms with Gasteiger partial charge in [0, 0.05) is 12.8 Å². The fourth-order valence-electron chi connectivity index (χ4n) is 0.699. The molecule has 0 unspecified atom stereocenters. The van der Waals surface area contributed by atoms with Crippen molar-refractivity contribution in [2.75, 3.05) is 5.32 Å². The van der Waals surface area contributed by atoms with E-state index < -0.39 is 0 Å². The molecule has 0 aromatic carbocycles. The van der Waals surface area contributed by atoms with Crippen LogP contribution in [-0.4, -0.2) is 21.9 Å². The first kappa shape index (κ1) is 9.79. The highest BCUT2D eigenvalue weighted by Gasteiger charge is 2.05. The number of anilines is 1. The lowest BCUT2D eigenvalue weighted by Crippen LogP contribution is -2.12. The average Bonchev–Trinajstić information content (AvgIpc) is 2.53. The van der Waals surface area contributed by atoms with Gasteiger partial charge >= 0.3 is 0 Å². The van der Waals surface area contributed by atoms with E-state index in [2.05, 4.69) is 15.5 Å². The zero-order valence-electron chi connectivity index (χ0n) is 7.11. The first-order chi connectivity index (χ1) is 6.18. The maximum absolute atomic E-state index is 11.1. The van der Waals surface area contributed by atoms with Gasteiger partial charge in [0.25, 0.3) is 0 Å². The van der Waals surface area contributed by atoms with Gasteiger partial charge < -0.3 is 10.1 Å². The van der Waals surface area contributed by atoms with Crippen molar-refractivity contribution in [1.82, 2.24) is 10.2 Å². The van der Waals surface area contributed by atoms with Gasteiger partial charge in [-0.1, -0.05) is 11.3 Å². The van der Waals surface area contributed by atoms with Crippen LogP contribution in [0.25, 0.3) is 0 Å². The van der Waals surface area contributed by atoms with E-state index in [9.17, 15) is 9.59 Å². The molecule has 0 atom stereocenters. The van der Waals surface area contributed by atoms with Gasteiger partial charge in [-0.3, -0.25) is 4.79 Å². The van der Waals surface area contributed by atoms with Crippen LogP contribution in [0.15, 0.2) is 5.51 Å². The van der Waals surface area contributed by atoms with Crippen LogP contribution >= 0.6 is 11.3 Å². The van der Waals surface area contributed by atoms with Crippen LogP contribution in [-0.2, 0) is 9.59 Å². The molecule has 1 aromatic rings. The van der Waals surface area contributed by atoms with E-state index in [0.29, 0.717) is 5.13 Å². The monoisotopic (exact) mass is 199 g/mol. The number of nitrogens with one attached hydrogen (secondary N) is 1. The zero-order chi connectivity index (χ0) is 9.68. The number of carbonyl (C=O) groups is 2. The Kier molecular flexibility index (Phi) is 3.51. The Morgan fingerprint density at radius 3 is 2.85 bits per heavy atom. The highest BCUT2D eigenvalue weighted by atomic mass is 32.1. The van der Waals surface area contributed by atoms with Crippen molar-refractivity contribution < 1.29 is 9.59 Å². The third-order valence-corrected chi connectivity index (χ3v) is 1.92. The third kappa shape index (κ3) is 3.75. The highest BCUT2D eigenvalue weighted by Crippen LogP contribution is 2.08. The Hall–Kier alpha value is -1.30. The molecule has 0 saturated carbocycles. The average molecular weight is 199 g/mol. The molecule has 1 aromatic heterocycles. The topological polar surface area (TPSA) is 72.0 Å². The Morgan fingerprint density at radius 1 is 1.54 bits per heavy atom. The van der Waals surface area contributed by atoms with Crippen LogP contribution in [0.1, 0.15) is 19.8 Å². The first-order valence-electron chi connectivity index (χ1n) is 3.74. The van der Waals surface area contributed by atoms with Gasteiger partial charge in [-0.15, -0.1) is 10.2 Å². The quantitative estimate of drug-likeness (QED) is 0.780. The summed E-state index contributed by atoms with van der Waals surface area (Å²) in [7, 11) is 0. The number of nitrogens with zero attached hydrogens (tertiary/aromatic N) is 2. The van der Waals surface area contributed by atoms with Gasteiger partial charge in [0.15, 0.2) is 0 Å². The van der Waals surface area contributed by atoms with Gasteiger partial charge in [-0.2, -0.15) is 0 Å². The SMILES string of the molecule is CC(=O)CCC(=O)Nc1nncs1. The highest BCUT2D eigenvalue weighted by molar-refractivity contribution is 7.13. The minimum Gasteiger partial charge on any atom is -0.301 e. The predicted octanol–water partition coefficient (Wildman–Crippen LogP) is 0.846. The summed E-state index contributed by atoms with van der Waals surface area (Å²) >= 11 is 1.25. The molecule has 1 heterocycles. The van der Waals surface area contributed by atoms with Crippen molar-refractivity contribution in [3.05, 3.63) is 5.51 Å². The lowest BCUT2D eigenvalue weighted by atomic mass is 10.2. The maximum Gasteiger partial charge on any atom is 0.226 e. The van der Waals surface area contributed by atoms with Gasteiger partial charge in [-0.05, 0) is 6.92 Å². The molecule has 0 fully saturated rings. The van der Waals surface area contributed by atoms with E-state index >= 15 is 0 Å². The minimum absolute atomic E-state index is 0.00686. The number of carbonyl (C=O) groups excluding carboxylic acids is 2. The van der Waals surface area contributed by atoms with Crippen molar-refractivity contribution in [1.29, 1.82) is 0 Å². The number of rotatable bonds is 4. The van der Waals surface area contributed by atoms with E-state index in [0.717, 1.165) is 0 Å². The Labute approximate surface area is 79.2 Å². The van der Waals surface area contributed by atoms with E-state index in [1.807, 2.05) is 0 Å². The van der Waals surface area contributed by atoms with Crippen molar-refractivity contribution in [3.8, 4) is 0 Å². The van der Waals surface area contributed by atoms with E-state index in [-0.39, 0.29) is 24.5 Å². The molecule has 1 N–H and O–H groups in total. The van der Waals surface area contributed by atoms with Crippen molar-refractivity contribution in [3.63, 3.8) is 0 Å². The summed E-state index contributed by atoms with van der Waals surface area (Å²) < 4.78 is 0. The normalized spacial score (nSPS) is 9.62. The third-order valence-electron chi connectivity index (χ3n) is 1.31. The lowest BCUT2D eigenvalue weighted by molar-refractivity contribution is -0.121. The van der Waals surface area contributed by atoms with Crippen molar-refractivity contribution >= 4 is 28.2 Å². The molecular formula is C7H9N3O2S. The molecule has 70 valence electrons. The smallest absolute Gasteiger partial charge is 0.226 e. The summed E-state index contributed by atoms with van der Waals surface area (Å²) in [5.41, 5.74) is 1.53. The largest absolute Gasteiger partial charge is 0.301 e. The molecule has 0 saturated heterocycles. The van der Waals surface area contributed by atoms with Gasteiger partial charge in [-0.25, -0.2) is 0 Å². The van der Waals surface area contributed by atoms with Crippen molar-refractivity contribution in [2.24, 2.45) is 0 Å². The number of hydrogen-bond donors (Lipinski definition) is 1. The molecular weight excluding hydrogens is 190 g/mol. The number of hydrogen-bond acceptors (Lipinski definition) is 5. The molecule has 0 aliphatic rings. The number of ketones is 1. The first-order valence-corrected chi connectivity index (χ1v) is 4.62. The number of amides is 1. The molecule has 5 nitrogen and oxygen atoms in total. The van der Waals surface area contributed by atoms with Gasteiger partial charge in [0.2, 0.25) is 11.0 Å². The van der Waals surface area contributed by atoms with Crippen LogP contribution < -0.4 is 5.32 Å². The molecule has 0 aliphatic heterocycles. The van der Waals surface area contributed by atoms with Crippen LogP contribution in [0.4, 0.5) is 5.13 Å². The van der Waals surface area contributed by atoms with Crippen LogP contribution in [0.3, 0.4) is 0 Å². The van der Waals surface area contributed by atoms with Gasteiger partial charge in [0.05, 0.1) is 0 Å². The second kappa shape index (κ2) is 4.66. The second-order valence-corrected chi connectivity index (χ2v) is 3.33. The summed E-state index contributed by atoms with van der Waals surface area (Å²) in [5.74, 6) is -0.195. The summed E-state index contributed by atoms with van der Waals surface area (Å²) in [6.45, 7) is 1.46. The molecule has 0 radical (unpaired) electrons. The lowest BCUT2D eigenvalue weighted by Gasteiger charge is -1.97. The molecule has 0 aliphatic carbocycles. The van der Waals surface area contributed by atoms with Crippen LogP contribution in [0.5, 0.6) is 0 Å². The number of aromatic nitrogens is 2.